The zero-order valence-electron chi connectivity index (χ0n) is 12.2. The van der Waals surface area contributed by atoms with Gasteiger partial charge in [0.05, 0.1) is 24.0 Å². The summed E-state index contributed by atoms with van der Waals surface area (Å²) in [6, 6.07) is 6.08. The summed E-state index contributed by atoms with van der Waals surface area (Å²) >= 11 is 6.10. The Balaban J connectivity index is 2.04. The number of aromatic nitrogens is 2. The van der Waals surface area contributed by atoms with E-state index in [1.165, 1.54) is 31.2 Å². The molecule has 20 heavy (non-hydrogen) atoms. The first-order valence-electron chi connectivity index (χ1n) is 7.30. The minimum absolute atomic E-state index is 0.453. The van der Waals surface area contributed by atoms with Crippen LogP contribution in [0.2, 0.25) is 0 Å². The Kier molecular flexibility index (Phi) is 3.63. The quantitative estimate of drug-likeness (QED) is 0.766. The van der Waals surface area contributed by atoms with Crippen LogP contribution in [0.1, 0.15) is 38.4 Å². The molecule has 0 bridgehead atoms. The van der Waals surface area contributed by atoms with Crippen LogP contribution in [-0.2, 0) is 12.4 Å². The molecule has 0 atom stereocenters. The average Bonchev–Trinajstić information content (AvgIpc) is 2.79. The smallest absolute Gasteiger partial charge is 0.124 e. The van der Waals surface area contributed by atoms with Crippen LogP contribution < -0.4 is 4.74 Å². The van der Waals surface area contributed by atoms with Crippen LogP contribution in [0.15, 0.2) is 18.2 Å². The highest BCUT2D eigenvalue weighted by Gasteiger charge is 2.36. The van der Waals surface area contributed by atoms with Crippen molar-refractivity contribution in [3.63, 3.8) is 0 Å². The summed E-state index contributed by atoms with van der Waals surface area (Å²) < 4.78 is 7.59. The summed E-state index contributed by atoms with van der Waals surface area (Å²) in [5.41, 5.74) is 2.60. The van der Waals surface area contributed by atoms with Gasteiger partial charge in [-0.1, -0.05) is 13.3 Å². The van der Waals surface area contributed by atoms with Gasteiger partial charge in [0, 0.05) is 12.6 Å². The predicted molar refractivity (Wildman–Crippen MR) is 82.4 cm³/mol. The van der Waals surface area contributed by atoms with Gasteiger partial charge in [0.1, 0.15) is 11.6 Å². The Labute approximate surface area is 124 Å². The normalized spacial score (nSPS) is 17.1. The van der Waals surface area contributed by atoms with E-state index < -0.39 is 0 Å². The molecular weight excluding hydrogens is 272 g/mol. The van der Waals surface area contributed by atoms with Crippen molar-refractivity contribution in [3.05, 3.63) is 24.0 Å². The maximum Gasteiger partial charge on any atom is 0.124 e. The van der Waals surface area contributed by atoms with Crippen molar-refractivity contribution >= 4 is 22.6 Å². The van der Waals surface area contributed by atoms with Gasteiger partial charge in [-0.05, 0) is 36.8 Å². The molecule has 0 saturated heterocycles. The SMILES string of the molecule is CCC1(Cn2c(CCl)nc3cc(OC)ccc32)CCC1. The highest BCUT2D eigenvalue weighted by molar-refractivity contribution is 6.16. The molecule has 0 spiro atoms. The topological polar surface area (TPSA) is 27.1 Å². The van der Waals surface area contributed by atoms with Crippen LogP contribution in [-0.4, -0.2) is 16.7 Å². The molecule has 2 aromatic rings. The largest absolute Gasteiger partial charge is 0.497 e. The van der Waals surface area contributed by atoms with Gasteiger partial charge in [0.2, 0.25) is 0 Å². The van der Waals surface area contributed by atoms with Crippen molar-refractivity contribution in [2.75, 3.05) is 7.11 Å². The fraction of sp³-hybridized carbons (Fsp3) is 0.562. The standard InChI is InChI=1S/C16H21ClN2O/c1-3-16(7-4-8-16)11-19-14-6-5-12(20-2)9-13(14)18-15(19)10-17/h5-6,9H,3-4,7-8,10-11H2,1-2H3. The number of fused-ring (bicyclic) bond motifs is 1. The van der Waals surface area contributed by atoms with Crippen LogP contribution in [0.3, 0.4) is 0 Å². The predicted octanol–water partition coefficient (Wildman–Crippen LogP) is 4.36. The second-order valence-corrected chi connectivity index (χ2v) is 6.08. The monoisotopic (exact) mass is 292 g/mol. The molecule has 1 aliphatic rings. The minimum atomic E-state index is 0.453. The van der Waals surface area contributed by atoms with Crippen molar-refractivity contribution in [3.8, 4) is 5.75 Å². The zero-order valence-corrected chi connectivity index (χ0v) is 12.9. The third kappa shape index (κ3) is 2.18. The summed E-state index contributed by atoms with van der Waals surface area (Å²) in [6.07, 6.45) is 5.22. The lowest BCUT2D eigenvalue weighted by molar-refractivity contribution is 0.101. The summed E-state index contributed by atoms with van der Waals surface area (Å²) in [5, 5.41) is 0. The van der Waals surface area contributed by atoms with Gasteiger partial charge < -0.3 is 9.30 Å². The second kappa shape index (κ2) is 5.28. The fourth-order valence-electron chi connectivity index (χ4n) is 3.20. The van der Waals surface area contributed by atoms with Crippen molar-refractivity contribution in [1.82, 2.24) is 9.55 Å². The average molecular weight is 293 g/mol. The maximum absolute atomic E-state index is 6.10. The summed E-state index contributed by atoms with van der Waals surface area (Å²) in [7, 11) is 1.68. The Morgan fingerprint density at radius 2 is 2.20 bits per heavy atom. The summed E-state index contributed by atoms with van der Waals surface area (Å²) in [5.74, 6) is 2.27. The van der Waals surface area contributed by atoms with E-state index in [2.05, 4.69) is 22.5 Å². The molecule has 3 rings (SSSR count). The molecule has 108 valence electrons. The molecular formula is C16H21ClN2O. The number of hydrogen-bond donors (Lipinski definition) is 0. The minimum Gasteiger partial charge on any atom is -0.497 e. The lowest BCUT2D eigenvalue weighted by Crippen LogP contribution is -2.33. The Morgan fingerprint density at radius 1 is 1.40 bits per heavy atom. The van der Waals surface area contributed by atoms with Crippen LogP contribution in [0.25, 0.3) is 11.0 Å². The first-order valence-corrected chi connectivity index (χ1v) is 7.84. The van der Waals surface area contributed by atoms with Gasteiger partial charge in [-0.15, -0.1) is 11.6 Å². The van der Waals surface area contributed by atoms with Gasteiger partial charge in [-0.3, -0.25) is 0 Å². The molecule has 1 aliphatic carbocycles. The van der Waals surface area contributed by atoms with Crippen molar-refractivity contribution in [2.45, 2.75) is 45.0 Å². The third-order valence-electron chi connectivity index (χ3n) is 4.81. The summed E-state index contributed by atoms with van der Waals surface area (Å²) in [6.45, 7) is 3.33. The van der Waals surface area contributed by atoms with Gasteiger partial charge >= 0.3 is 0 Å². The highest BCUT2D eigenvalue weighted by Crippen LogP contribution is 2.46. The molecule has 3 nitrogen and oxygen atoms in total. The number of halogens is 1. The molecule has 0 unspecified atom stereocenters. The van der Waals surface area contributed by atoms with Crippen LogP contribution >= 0.6 is 11.6 Å². The van der Waals surface area contributed by atoms with E-state index in [0.717, 1.165) is 23.6 Å². The number of rotatable bonds is 5. The van der Waals surface area contributed by atoms with Gasteiger partial charge in [-0.2, -0.15) is 0 Å². The number of ether oxygens (including phenoxy) is 1. The van der Waals surface area contributed by atoms with Crippen molar-refractivity contribution in [2.24, 2.45) is 5.41 Å². The molecule has 0 aliphatic heterocycles. The number of alkyl halides is 1. The van der Waals surface area contributed by atoms with E-state index in [1.807, 2.05) is 12.1 Å². The van der Waals surface area contributed by atoms with Crippen LogP contribution in [0.4, 0.5) is 0 Å². The summed E-state index contributed by atoms with van der Waals surface area (Å²) in [4.78, 5) is 4.67. The first-order chi connectivity index (χ1) is 9.71. The number of imidazole rings is 1. The van der Waals surface area contributed by atoms with Crippen LogP contribution in [0.5, 0.6) is 5.75 Å². The molecule has 1 fully saturated rings. The molecule has 4 heteroatoms. The van der Waals surface area contributed by atoms with Gasteiger partial charge in [0.25, 0.3) is 0 Å². The molecule has 1 saturated carbocycles. The van der Waals surface area contributed by atoms with E-state index in [0.29, 0.717) is 11.3 Å². The van der Waals surface area contributed by atoms with Crippen LogP contribution in [0, 0.1) is 5.41 Å². The van der Waals surface area contributed by atoms with Crippen molar-refractivity contribution < 1.29 is 4.74 Å². The molecule has 1 aromatic carbocycles. The molecule has 0 N–H and O–H groups in total. The highest BCUT2D eigenvalue weighted by atomic mass is 35.5. The van der Waals surface area contributed by atoms with E-state index in [9.17, 15) is 0 Å². The number of hydrogen-bond acceptors (Lipinski definition) is 2. The molecule has 0 amide bonds. The van der Waals surface area contributed by atoms with Crippen molar-refractivity contribution in [1.29, 1.82) is 0 Å². The van der Waals surface area contributed by atoms with E-state index in [1.54, 1.807) is 7.11 Å². The maximum atomic E-state index is 6.10. The number of nitrogens with zero attached hydrogens (tertiary/aromatic N) is 2. The Morgan fingerprint density at radius 3 is 2.75 bits per heavy atom. The first kappa shape index (κ1) is 13.7. The van der Waals surface area contributed by atoms with E-state index in [4.69, 9.17) is 16.3 Å². The Hall–Kier alpha value is -1.22. The zero-order chi connectivity index (χ0) is 14.2. The van der Waals surface area contributed by atoms with Gasteiger partial charge in [-0.25, -0.2) is 4.98 Å². The lowest BCUT2D eigenvalue weighted by atomic mass is 9.67. The number of benzene rings is 1. The molecule has 1 aromatic heterocycles. The number of methoxy groups -OCH3 is 1. The third-order valence-corrected chi connectivity index (χ3v) is 5.05. The Bertz CT molecular complexity index is 611. The molecule has 0 radical (unpaired) electrons. The van der Waals surface area contributed by atoms with Gasteiger partial charge in [0.15, 0.2) is 0 Å². The molecule has 1 heterocycles. The van der Waals surface area contributed by atoms with E-state index >= 15 is 0 Å². The van der Waals surface area contributed by atoms with E-state index in [-0.39, 0.29) is 0 Å². The fourth-order valence-corrected chi connectivity index (χ4v) is 3.40. The second-order valence-electron chi connectivity index (χ2n) is 5.81. The lowest BCUT2D eigenvalue weighted by Gasteiger charge is -2.42.